The van der Waals surface area contributed by atoms with Gasteiger partial charge in [0.15, 0.2) is 0 Å². The molecule has 0 amide bonds. The first-order chi connectivity index (χ1) is 8.51. The van der Waals surface area contributed by atoms with Crippen LogP contribution in [0, 0.1) is 5.41 Å². The molecule has 0 unspecified atom stereocenters. The molecule has 0 atom stereocenters. The summed E-state index contributed by atoms with van der Waals surface area (Å²) in [6, 6.07) is 0. The van der Waals surface area contributed by atoms with Gasteiger partial charge in [0.05, 0.1) is 11.2 Å². The Morgan fingerprint density at radius 1 is 1.21 bits per heavy atom. The second kappa shape index (κ2) is 5.41. The summed E-state index contributed by atoms with van der Waals surface area (Å²) in [4.78, 5) is 0. The van der Waals surface area contributed by atoms with Gasteiger partial charge in [0.25, 0.3) is 0 Å². The second-order valence-corrected chi connectivity index (χ2v) is 6.93. The highest BCUT2D eigenvalue weighted by molar-refractivity contribution is 6.53. The molecule has 1 aliphatic heterocycles. The number of halogens is 1. The molecule has 0 radical (unpaired) electrons. The van der Waals surface area contributed by atoms with E-state index in [0.29, 0.717) is 0 Å². The third-order valence-electron chi connectivity index (χ3n) is 4.00. The zero-order valence-corrected chi connectivity index (χ0v) is 13.0. The summed E-state index contributed by atoms with van der Waals surface area (Å²) in [6.45, 7) is 15.4. The van der Waals surface area contributed by atoms with Crippen molar-refractivity contribution in [3.05, 3.63) is 24.5 Å². The second-order valence-electron chi connectivity index (χ2n) is 6.93. The fourth-order valence-electron chi connectivity index (χ4n) is 1.94. The van der Waals surface area contributed by atoms with Crippen LogP contribution in [0.2, 0.25) is 0 Å². The molecule has 1 saturated heterocycles. The van der Waals surface area contributed by atoms with E-state index in [1.165, 1.54) is 0 Å². The van der Waals surface area contributed by atoms with E-state index >= 15 is 0 Å². The Morgan fingerprint density at radius 2 is 1.68 bits per heavy atom. The van der Waals surface area contributed by atoms with E-state index in [0.717, 1.165) is 12.8 Å². The lowest BCUT2D eigenvalue weighted by atomic mass is 9.79. The monoisotopic (exact) mass is 268 g/mol. The number of allylic oxidation sites excluding steroid dienone is 2. The fraction of sp³-hybridized carbons (Fsp3) is 0.733. The van der Waals surface area contributed by atoms with Crippen molar-refractivity contribution < 1.29 is 13.7 Å². The first kappa shape index (κ1) is 16.4. The highest BCUT2D eigenvalue weighted by Gasteiger charge is 2.53. The molecule has 0 saturated carbocycles. The number of hydrogen-bond acceptors (Lipinski definition) is 2. The van der Waals surface area contributed by atoms with Crippen LogP contribution in [0.25, 0.3) is 0 Å². The first-order valence-corrected chi connectivity index (χ1v) is 6.85. The van der Waals surface area contributed by atoms with Crippen LogP contribution >= 0.6 is 0 Å². The maximum Gasteiger partial charge on any atom is 0.524 e. The van der Waals surface area contributed by atoms with Crippen LogP contribution in [0.15, 0.2) is 24.5 Å². The number of hydrogen-bond donors (Lipinski definition) is 0. The maximum atomic E-state index is 14.3. The Labute approximate surface area is 117 Å². The predicted octanol–water partition coefficient (Wildman–Crippen LogP) is 4.46. The van der Waals surface area contributed by atoms with Crippen molar-refractivity contribution in [1.29, 1.82) is 0 Å². The average Bonchev–Trinajstić information content (AvgIpc) is 2.45. The maximum absolute atomic E-state index is 14.3. The standard InChI is InChI=1S/C15H26BFO2/c1-8-9-10-13(2,3)11-12(17)16-18-14(4,5)15(6,7)19-16/h8,11H,1,9-10H2,2-7H3. The van der Waals surface area contributed by atoms with E-state index in [1.807, 2.05) is 47.6 Å². The highest BCUT2D eigenvalue weighted by atomic mass is 19.1. The van der Waals surface area contributed by atoms with Crippen molar-refractivity contribution in [2.24, 2.45) is 5.41 Å². The van der Waals surface area contributed by atoms with Gasteiger partial charge in [-0.05, 0) is 46.0 Å². The van der Waals surface area contributed by atoms with Crippen molar-refractivity contribution in [1.82, 2.24) is 0 Å². The van der Waals surface area contributed by atoms with E-state index in [1.54, 1.807) is 6.08 Å². The minimum absolute atomic E-state index is 0.234. The predicted molar refractivity (Wildman–Crippen MR) is 78.5 cm³/mol. The van der Waals surface area contributed by atoms with E-state index < -0.39 is 18.3 Å². The van der Waals surface area contributed by atoms with Gasteiger partial charge < -0.3 is 9.31 Å². The molecule has 1 aliphatic rings. The normalized spacial score (nSPS) is 22.7. The van der Waals surface area contributed by atoms with Gasteiger partial charge in [-0.1, -0.05) is 26.0 Å². The van der Waals surface area contributed by atoms with Gasteiger partial charge in [0, 0.05) is 0 Å². The van der Waals surface area contributed by atoms with Crippen molar-refractivity contribution >= 4 is 7.12 Å². The van der Waals surface area contributed by atoms with Crippen LogP contribution in [0.5, 0.6) is 0 Å². The lowest BCUT2D eigenvalue weighted by Gasteiger charge is -2.32. The third kappa shape index (κ3) is 3.93. The molecule has 1 rings (SSSR count). The van der Waals surface area contributed by atoms with Crippen molar-refractivity contribution in [3.8, 4) is 0 Å². The van der Waals surface area contributed by atoms with E-state index in [4.69, 9.17) is 9.31 Å². The van der Waals surface area contributed by atoms with Crippen molar-refractivity contribution in [3.63, 3.8) is 0 Å². The molecular weight excluding hydrogens is 242 g/mol. The molecule has 0 aromatic rings. The van der Waals surface area contributed by atoms with Crippen LogP contribution in [-0.4, -0.2) is 18.3 Å². The third-order valence-corrected chi connectivity index (χ3v) is 4.00. The molecule has 0 aromatic carbocycles. The van der Waals surface area contributed by atoms with Crippen LogP contribution in [-0.2, 0) is 9.31 Å². The minimum Gasteiger partial charge on any atom is -0.398 e. The average molecular weight is 268 g/mol. The molecule has 0 aliphatic carbocycles. The lowest BCUT2D eigenvalue weighted by Crippen LogP contribution is -2.41. The summed E-state index contributed by atoms with van der Waals surface area (Å²) in [5.74, 6) is 0. The molecule has 0 aromatic heterocycles. The van der Waals surface area contributed by atoms with Gasteiger partial charge in [-0.25, -0.2) is 4.39 Å². The fourth-order valence-corrected chi connectivity index (χ4v) is 1.94. The zero-order valence-electron chi connectivity index (χ0n) is 13.0. The van der Waals surface area contributed by atoms with Gasteiger partial charge in [-0.3, -0.25) is 0 Å². The summed E-state index contributed by atoms with van der Waals surface area (Å²) >= 11 is 0. The molecule has 0 bridgehead atoms. The summed E-state index contributed by atoms with van der Waals surface area (Å²) in [5, 5.41) is 0. The van der Waals surface area contributed by atoms with Gasteiger partial charge >= 0.3 is 7.12 Å². The van der Waals surface area contributed by atoms with Crippen molar-refractivity contribution in [2.75, 3.05) is 0 Å². The van der Waals surface area contributed by atoms with Crippen LogP contribution < -0.4 is 0 Å². The van der Waals surface area contributed by atoms with Crippen LogP contribution in [0.1, 0.15) is 54.4 Å². The van der Waals surface area contributed by atoms with Gasteiger partial charge in [0.1, 0.15) is 5.73 Å². The molecule has 0 N–H and O–H groups in total. The van der Waals surface area contributed by atoms with E-state index in [-0.39, 0.29) is 11.1 Å². The first-order valence-electron chi connectivity index (χ1n) is 6.85. The Bertz CT molecular complexity index is 356. The van der Waals surface area contributed by atoms with Gasteiger partial charge in [-0.2, -0.15) is 0 Å². The molecule has 1 fully saturated rings. The highest BCUT2D eigenvalue weighted by Crippen LogP contribution is 2.39. The molecular formula is C15H26BFO2. The van der Waals surface area contributed by atoms with Gasteiger partial charge in [-0.15, -0.1) is 6.58 Å². The van der Waals surface area contributed by atoms with Crippen LogP contribution in [0.3, 0.4) is 0 Å². The molecule has 4 heteroatoms. The van der Waals surface area contributed by atoms with Crippen LogP contribution in [0.4, 0.5) is 4.39 Å². The molecule has 2 nitrogen and oxygen atoms in total. The Balaban J connectivity index is 2.79. The summed E-state index contributed by atoms with van der Waals surface area (Å²) in [7, 11) is -0.895. The Morgan fingerprint density at radius 3 is 2.11 bits per heavy atom. The van der Waals surface area contributed by atoms with Crippen molar-refractivity contribution in [2.45, 2.75) is 65.6 Å². The SMILES string of the molecule is C=CCCC(C)(C)C=C(F)B1OC(C)(C)C(C)(C)O1. The molecule has 19 heavy (non-hydrogen) atoms. The summed E-state index contributed by atoms with van der Waals surface area (Å²) < 4.78 is 25.7. The number of rotatable bonds is 5. The van der Waals surface area contributed by atoms with E-state index in [2.05, 4.69) is 6.58 Å². The zero-order chi connectivity index (χ0) is 14.9. The smallest absolute Gasteiger partial charge is 0.398 e. The summed E-state index contributed by atoms with van der Waals surface area (Å²) in [6.07, 6.45) is 5.17. The van der Waals surface area contributed by atoms with E-state index in [9.17, 15) is 4.39 Å². The Kier molecular flexibility index (Phi) is 4.68. The lowest BCUT2D eigenvalue weighted by molar-refractivity contribution is 0.00578. The minimum atomic E-state index is -0.895. The largest absolute Gasteiger partial charge is 0.524 e. The molecule has 1 heterocycles. The summed E-state index contributed by atoms with van der Waals surface area (Å²) in [5.41, 5.74) is -1.59. The topological polar surface area (TPSA) is 18.5 Å². The quantitative estimate of drug-likeness (QED) is 0.541. The molecule has 0 spiro atoms. The Hall–Kier alpha value is -0.605. The van der Waals surface area contributed by atoms with Gasteiger partial charge in [0.2, 0.25) is 0 Å². The molecule has 108 valence electrons.